The monoisotopic (exact) mass is 584 g/mol. The van der Waals surface area contributed by atoms with Gasteiger partial charge in [0, 0.05) is 33.6 Å². The molecule has 0 radical (unpaired) electrons. The molecule has 0 aromatic heterocycles. The van der Waals surface area contributed by atoms with Crippen molar-refractivity contribution in [2.24, 2.45) is 0 Å². The van der Waals surface area contributed by atoms with Gasteiger partial charge < -0.3 is 21.7 Å². The van der Waals surface area contributed by atoms with Crippen LogP contribution in [0.4, 0.5) is 11.4 Å². The molecule has 0 saturated carbocycles. The van der Waals surface area contributed by atoms with Gasteiger partial charge in [0.15, 0.2) is 0 Å². The summed E-state index contributed by atoms with van der Waals surface area (Å²) in [7, 11) is 0. The van der Waals surface area contributed by atoms with Gasteiger partial charge in [-0.2, -0.15) is 0 Å². The molecular weight excluding hydrogens is 540 g/mol. The summed E-state index contributed by atoms with van der Waals surface area (Å²) < 4.78 is 0. The lowest BCUT2D eigenvalue weighted by Gasteiger charge is -2.25. The fourth-order valence-electron chi connectivity index (χ4n) is 5.77. The number of anilines is 2. The first-order chi connectivity index (χ1) is 20.8. The van der Waals surface area contributed by atoms with E-state index in [1.165, 1.54) is 11.1 Å². The SMILES string of the molecule is CC(C)(C)c1cc(-c2ccc(-c3cc(C(C)(C)C)cc(-c4ccccc4CO)c3N)cc2)c(N)c(-c2ccccc2CO)c1. The molecule has 6 N–H and O–H groups in total. The lowest BCUT2D eigenvalue weighted by molar-refractivity contribution is 0.282. The number of nitrogen functional groups attached to an aromatic ring is 2. The largest absolute Gasteiger partial charge is 0.398 e. The van der Waals surface area contributed by atoms with Gasteiger partial charge in [-0.05, 0) is 79.6 Å². The first-order valence-electron chi connectivity index (χ1n) is 15.2. The average Bonchev–Trinajstić information content (AvgIpc) is 3.00. The van der Waals surface area contributed by atoms with Gasteiger partial charge in [-0.25, -0.2) is 0 Å². The molecule has 0 spiro atoms. The van der Waals surface area contributed by atoms with Crippen molar-refractivity contribution in [3.8, 4) is 44.5 Å². The van der Waals surface area contributed by atoms with Crippen LogP contribution in [0.1, 0.15) is 63.8 Å². The molecular formula is C40H44N2O2. The summed E-state index contributed by atoms with van der Waals surface area (Å²) in [6.45, 7) is 13.1. The molecule has 5 aromatic carbocycles. The summed E-state index contributed by atoms with van der Waals surface area (Å²) >= 11 is 0. The zero-order valence-electron chi connectivity index (χ0n) is 26.7. The van der Waals surface area contributed by atoms with Gasteiger partial charge >= 0.3 is 0 Å². The topological polar surface area (TPSA) is 92.5 Å². The highest BCUT2D eigenvalue weighted by molar-refractivity contribution is 5.93. The van der Waals surface area contributed by atoms with E-state index in [9.17, 15) is 10.2 Å². The molecule has 0 aliphatic heterocycles. The van der Waals surface area contributed by atoms with E-state index in [0.29, 0.717) is 11.4 Å². The number of benzene rings is 5. The van der Waals surface area contributed by atoms with Gasteiger partial charge in [-0.1, -0.05) is 114 Å². The third-order valence-electron chi connectivity index (χ3n) is 8.55. The maximum absolute atomic E-state index is 10.1. The highest BCUT2D eigenvalue weighted by Gasteiger charge is 2.22. The second kappa shape index (κ2) is 12.0. The van der Waals surface area contributed by atoms with Crippen molar-refractivity contribution < 1.29 is 10.2 Å². The molecule has 5 aromatic rings. The summed E-state index contributed by atoms with van der Waals surface area (Å²) in [4.78, 5) is 0. The zero-order chi connectivity index (χ0) is 31.8. The summed E-state index contributed by atoms with van der Waals surface area (Å²) in [5.41, 5.74) is 26.7. The minimum absolute atomic E-state index is 0.0563. The smallest absolute Gasteiger partial charge is 0.0687 e. The molecule has 0 saturated heterocycles. The normalized spacial score (nSPS) is 12.0. The molecule has 5 rings (SSSR count). The predicted molar refractivity (Wildman–Crippen MR) is 186 cm³/mol. The number of hydrogen-bond donors (Lipinski definition) is 4. The van der Waals surface area contributed by atoms with Gasteiger partial charge in [-0.3, -0.25) is 0 Å². The molecule has 44 heavy (non-hydrogen) atoms. The first kappa shape index (κ1) is 31.1. The van der Waals surface area contributed by atoms with Crippen molar-refractivity contribution in [2.45, 2.75) is 65.6 Å². The summed E-state index contributed by atoms with van der Waals surface area (Å²) in [6.07, 6.45) is 0. The van der Waals surface area contributed by atoms with Gasteiger partial charge in [0.25, 0.3) is 0 Å². The average molecular weight is 585 g/mol. The second-order valence-electron chi connectivity index (χ2n) is 13.7. The Hall–Kier alpha value is -4.38. The number of rotatable bonds is 6. The van der Waals surface area contributed by atoms with E-state index in [4.69, 9.17) is 11.5 Å². The maximum Gasteiger partial charge on any atom is 0.0687 e. The fraction of sp³-hybridized carbons (Fsp3) is 0.250. The number of hydrogen-bond acceptors (Lipinski definition) is 4. The molecule has 0 amide bonds. The minimum Gasteiger partial charge on any atom is -0.398 e. The van der Waals surface area contributed by atoms with E-state index < -0.39 is 0 Å². The van der Waals surface area contributed by atoms with Crippen LogP contribution in [0.15, 0.2) is 97.1 Å². The maximum atomic E-state index is 10.1. The standard InChI is InChI=1S/C40H44N2O2/c1-39(2,3)29-19-33(37(41)35(21-29)31-13-9-7-11-27(31)23-43)25-15-17-26(18-16-25)34-20-30(40(4,5)6)22-36(38(34)42)32-14-10-8-12-28(32)24-44/h7-22,43-44H,23-24,41-42H2,1-6H3. The Labute approximate surface area is 262 Å². The van der Waals surface area contributed by atoms with Crippen LogP contribution in [0.3, 0.4) is 0 Å². The number of aliphatic hydroxyl groups excluding tert-OH is 2. The van der Waals surface area contributed by atoms with Crippen LogP contribution in [-0.2, 0) is 24.0 Å². The third-order valence-corrected chi connectivity index (χ3v) is 8.55. The van der Waals surface area contributed by atoms with Gasteiger partial charge in [-0.15, -0.1) is 0 Å². The molecule has 0 aliphatic rings. The molecule has 0 bridgehead atoms. The highest BCUT2D eigenvalue weighted by atomic mass is 16.3. The Morgan fingerprint density at radius 1 is 0.455 bits per heavy atom. The Bertz CT molecular complexity index is 1670. The number of aliphatic hydroxyl groups is 2. The van der Waals surface area contributed by atoms with Gasteiger partial charge in [0.05, 0.1) is 13.2 Å². The lowest BCUT2D eigenvalue weighted by Crippen LogP contribution is -2.12. The van der Waals surface area contributed by atoms with Gasteiger partial charge in [0.1, 0.15) is 0 Å². The Morgan fingerprint density at radius 2 is 0.773 bits per heavy atom. The molecule has 4 nitrogen and oxygen atoms in total. The van der Waals surface area contributed by atoms with Crippen molar-refractivity contribution in [1.29, 1.82) is 0 Å². The van der Waals surface area contributed by atoms with Crippen LogP contribution in [-0.4, -0.2) is 10.2 Å². The van der Waals surface area contributed by atoms with Gasteiger partial charge in [0.2, 0.25) is 0 Å². The lowest BCUT2D eigenvalue weighted by atomic mass is 9.81. The minimum atomic E-state index is -0.103. The van der Waals surface area contributed by atoms with Crippen LogP contribution in [0.25, 0.3) is 44.5 Å². The van der Waals surface area contributed by atoms with Crippen molar-refractivity contribution in [2.75, 3.05) is 11.5 Å². The van der Waals surface area contributed by atoms with Crippen LogP contribution < -0.4 is 11.5 Å². The highest BCUT2D eigenvalue weighted by Crippen LogP contribution is 2.43. The molecule has 0 heterocycles. The Kier molecular flexibility index (Phi) is 8.44. The molecule has 0 fully saturated rings. The molecule has 0 aliphatic carbocycles. The van der Waals surface area contributed by atoms with E-state index in [-0.39, 0.29) is 24.0 Å². The van der Waals surface area contributed by atoms with Crippen molar-refractivity contribution >= 4 is 11.4 Å². The zero-order valence-corrected chi connectivity index (χ0v) is 26.7. The first-order valence-corrected chi connectivity index (χ1v) is 15.2. The van der Waals surface area contributed by atoms with E-state index in [1.807, 2.05) is 48.5 Å². The quantitative estimate of drug-likeness (QED) is 0.150. The number of nitrogens with two attached hydrogens (primary N) is 2. The molecule has 0 unspecified atom stereocenters. The van der Waals surface area contributed by atoms with Crippen LogP contribution >= 0.6 is 0 Å². The van der Waals surface area contributed by atoms with E-state index >= 15 is 0 Å². The summed E-state index contributed by atoms with van der Waals surface area (Å²) in [5.74, 6) is 0. The van der Waals surface area contributed by atoms with E-state index in [1.54, 1.807) is 0 Å². The second-order valence-corrected chi connectivity index (χ2v) is 13.7. The fourth-order valence-corrected chi connectivity index (χ4v) is 5.77. The van der Waals surface area contributed by atoms with Crippen LogP contribution in [0.5, 0.6) is 0 Å². The Balaban J connectivity index is 1.67. The van der Waals surface area contributed by atoms with Crippen LogP contribution in [0, 0.1) is 0 Å². The summed E-state index contributed by atoms with van der Waals surface area (Å²) in [5, 5.41) is 20.2. The molecule has 226 valence electrons. The van der Waals surface area contributed by atoms with E-state index in [0.717, 1.165) is 55.6 Å². The van der Waals surface area contributed by atoms with Crippen molar-refractivity contribution in [3.63, 3.8) is 0 Å². The molecule has 4 heteroatoms. The third kappa shape index (κ3) is 6.01. The van der Waals surface area contributed by atoms with Crippen LogP contribution in [0.2, 0.25) is 0 Å². The Morgan fingerprint density at radius 3 is 1.09 bits per heavy atom. The predicted octanol–water partition coefficient (Wildman–Crippen LogP) is 9.10. The molecule has 0 atom stereocenters. The van der Waals surface area contributed by atoms with Crippen molar-refractivity contribution in [1.82, 2.24) is 0 Å². The van der Waals surface area contributed by atoms with Crippen molar-refractivity contribution in [3.05, 3.63) is 119 Å². The summed E-state index contributed by atoms with van der Waals surface area (Å²) in [6, 6.07) is 32.9. The van der Waals surface area contributed by atoms with E-state index in [2.05, 4.69) is 90.1 Å².